The summed E-state index contributed by atoms with van der Waals surface area (Å²) in [7, 11) is -3.81. The number of carbonyl (C=O) groups is 2. The molecule has 0 aromatic heterocycles. The molecule has 0 fully saturated rings. The Balaban J connectivity index is 2.08. The summed E-state index contributed by atoms with van der Waals surface area (Å²) in [5.74, 6) is -0.781. The lowest BCUT2D eigenvalue weighted by molar-refractivity contribution is -0.140. The fourth-order valence-corrected chi connectivity index (χ4v) is 5.60. The number of halogens is 1. The molecule has 0 saturated carbocycles. The van der Waals surface area contributed by atoms with Crippen molar-refractivity contribution >= 4 is 43.5 Å². The van der Waals surface area contributed by atoms with Crippen LogP contribution in [0.4, 0.5) is 5.69 Å². The van der Waals surface area contributed by atoms with Gasteiger partial charge in [0, 0.05) is 23.0 Å². The summed E-state index contributed by atoms with van der Waals surface area (Å²) >= 11 is 3.44. The maximum absolute atomic E-state index is 14.1. The second-order valence-corrected chi connectivity index (χ2v) is 14.0. The highest BCUT2D eigenvalue weighted by molar-refractivity contribution is 9.10. The number of nitrogens with zero attached hydrogens (tertiary/aromatic N) is 2. The van der Waals surface area contributed by atoms with Gasteiger partial charge in [-0.05, 0) is 81.1 Å². The van der Waals surface area contributed by atoms with Crippen LogP contribution < -0.4 is 9.62 Å². The smallest absolute Gasteiger partial charge is 0.244 e. The highest BCUT2D eigenvalue weighted by Gasteiger charge is 2.34. The van der Waals surface area contributed by atoms with Crippen LogP contribution >= 0.6 is 15.9 Å². The van der Waals surface area contributed by atoms with Gasteiger partial charge in [0.15, 0.2) is 0 Å². The monoisotopic (exact) mass is 627 g/mol. The number of anilines is 1. The first-order valence-corrected chi connectivity index (χ1v) is 15.7. The van der Waals surface area contributed by atoms with E-state index in [1.165, 1.54) is 4.90 Å². The average molecular weight is 629 g/mol. The van der Waals surface area contributed by atoms with Gasteiger partial charge in [-0.15, -0.1) is 0 Å². The van der Waals surface area contributed by atoms with E-state index in [4.69, 9.17) is 0 Å². The minimum Gasteiger partial charge on any atom is -0.350 e. The molecule has 0 unspecified atom stereocenters. The van der Waals surface area contributed by atoms with Crippen LogP contribution in [-0.2, 0) is 32.6 Å². The Morgan fingerprint density at radius 1 is 0.900 bits per heavy atom. The molecule has 3 aromatic rings. The van der Waals surface area contributed by atoms with Crippen LogP contribution in [0.5, 0.6) is 0 Å². The van der Waals surface area contributed by atoms with E-state index < -0.39 is 34.1 Å². The fraction of sp³-hybridized carbons (Fsp3) is 0.355. The molecular formula is C31H38BrN3O4S. The standard InChI is InChI=1S/C31H38BrN3O4S/c1-22-16-23(2)18-27(17-22)35(40(6,38)39)21-29(36)34(20-25-12-14-26(32)15-13-25)28(30(37)33-31(3,4)5)19-24-10-8-7-9-11-24/h7-18,28H,19-21H2,1-6H3,(H,33,37)/t28-/m0/s1. The number of aryl methyl sites for hydroxylation is 2. The second kappa shape index (κ2) is 13.0. The topological polar surface area (TPSA) is 86.8 Å². The summed E-state index contributed by atoms with van der Waals surface area (Å²) in [5.41, 5.74) is 3.35. The Bertz CT molecular complexity index is 1420. The van der Waals surface area contributed by atoms with Gasteiger partial charge in [0.25, 0.3) is 0 Å². The van der Waals surface area contributed by atoms with Crippen molar-refractivity contribution in [2.24, 2.45) is 0 Å². The SMILES string of the molecule is Cc1cc(C)cc(N(CC(=O)N(Cc2ccc(Br)cc2)[C@@H](Cc2ccccc2)C(=O)NC(C)(C)C)S(C)(=O)=O)c1. The van der Waals surface area contributed by atoms with Gasteiger partial charge in [-0.1, -0.05) is 64.5 Å². The van der Waals surface area contributed by atoms with E-state index in [0.29, 0.717) is 5.69 Å². The number of sulfonamides is 1. The minimum absolute atomic E-state index is 0.131. The van der Waals surface area contributed by atoms with Crippen molar-refractivity contribution < 1.29 is 18.0 Å². The number of carbonyl (C=O) groups excluding carboxylic acids is 2. The zero-order valence-corrected chi connectivity index (χ0v) is 26.3. The summed E-state index contributed by atoms with van der Waals surface area (Å²) < 4.78 is 27.9. The average Bonchev–Trinajstić information content (AvgIpc) is 2.84. The molecule has 3 rings (SSSR count). The molecule has 0 aliphatic rings. The Hall–Kier alpha value is -3.17. The van der Waals surface area contributed by atoms with Crippen LogP contribution in [-0.4, -0.2) is 49.5 Å². The summed E-state index contributed by atoms with van der Waals surface area (Å²) in [6.07, 6.45) is 1.36. The van der Waals surface area contributed by atoms with Gasteiger partial charge in [0.05, 0.1) is 11.9 Å². The summed E-state index contributed by atoms with van der Waals surface area (Å²) in [6, 6.07) is 21.6. The number of hydrogen-bond donors (Lipinski definition) is 1. The normalized spacial score (nSPS) is 12.5. The predicted molar refractivity (Wildman–Crippen MR) is 165 cm³/mol. The third kappa shape index (κ3) is 9.20. The molecule has 1 N–H and O–H groups in total. The van der Waals surface area contributed by atoms with Crippen LogP contribution in [0.1, 0.15) is 43.0 Å². The summed E-state index contributed by atoms with van der Waals surface area (Å²) in [4.78, 5) is 29.4. The molecule has 2 amide bonds. The Labute approximate surface area is 246 Å². The number of nitrogens with one attached hydrogen (secondary N) is 1. The van der Waals surface area contributed by atoms with E-state index in [9.17, 15) is 18.0 Å². The van der Waals surface area contributed by atoms with Gasteiger partial charge in [-0.25, -0.2) is 8.42 Å². The van der Waals surface area contributed by atoms with Crippen molar-refractivity contribution in [2.75, 3.05) is 17.1 Å². The largest absolute Gasteiger partial charge is 0.350 e. The second-order valence-electron chi connectivity index (χ2n) is 11.2. The van der Waals surface area contributed by atoms with E-state index >= 15 is 0 Å². The highest BCUT2D eigenvalue weighted by atomic mass is 79.9. The molecule has 0 aliphatic carbocycles. The summed E-state index contributed by atoms with van der Waals surface area (Å²) in [5, 5.41) is 3.03. The first-order chi connectivity index (χ1) is 18.6. The van der Waals surface area contributed by atoms with E-state index in [-0.39, 0.29) is 18.9 Å². The van der Waals surface area contributed by atoms with Crippen LogP contribution in [0.3, 0.4) is 0 Å². The Morgan fingerprint density at radius 2 is 1.48 bits per heavy atom. The van der Waals surface area contributed by atoms with Crippen molar-refractivity contribution in [3.05, 3.63) is 99.5 Å². The lowest BCUT2D eigenvalue weighted by atomic mass is 10.0. The zero-order valence-electron chi connectivity index (χ0n) is 23.9. The quantitative estimate of drug-likeness (QED) is 0.327. The molecule has 7 nitrogen and oxygen atoms in total. The van der Waals surface area contributed by atoms with E-state index in [0.717, 1.165) is 37.3 Å². The lowest BCUT2D eigenvalue weighted by Gasteiger charge is -2.35. The van der Waals surface area contributed by atoms with Crippen molar-refractivity contribution in [1.82, 2.24) is 10.2 Å². The zero-order chi connectivity index (χ0) is 29.7. The molecule has 9 heteroatoms. The molecular weight excluding hydrogens is 590 g/mol. The molecule has 0 heterocycles. The number of rotatable bonds is 10. The van der Waals surface area contributed by atoms with Crippen LogP contribution in [0.25, 0.3) is 0 Å². The molecule has 0 spiro atoms. The molecule has 3 aromatic carbocycles. The van der Waals surface area contributed by atoms with Crippen molar-refractivity contribution in [3.63, 3.8) is 0 Å². The van der Waals surface area contributed by atoms with Crippen LogP contribution in [0.15, 0.2) is 77.3 Å². The van der Waals surface area contributed by atoms with Gasteiger partial charge in [0.1, 0.15) is 12.6 Å². The van der Waals surface area contributed by atoms with Crippen LogP contribution in [0, 0.1) is 13.8 Å². The predicted octanol–water partition coefficient (Wildman–Crippen LogP) is 5.39. The Kier molecular flexibility index (Phi) is 10.2. The fourth-order valence-electron chi connectivity index (χ4n) is 4.50. The van der Waals surface area contributed by atoms with Gasteiger partial charge >= 0.3 is 0 Å². The molecule has 0 saturated heterocycles. The van der Waals surface area contributed by atoms with Crippen LogP contribution in [0.2, 0.25) is 0 Å². The Morgan fingerprint density at radius 3 is 2.00 bits per heavy atom. The number of amides is 2. The van der Waals surface area contributed by atoms with Crippen molar-refractivity contribution in [3.8, 4) is 0 Å². The number of hydrogen-bond acceptors (Lipinski definition) is 4. The van der Waals surface area contributed by atoms with Gasteiger partial charge in [-0.2, -0.15) is 0 Å². The van der Waals surface area contributed by atoms with E-state index in [1.807, 2.05) is 95.3 Å². The third-order valence-corrected chi connectivity index (χ3v) is 7.88. The molecule has 40 heavy (non-hydrogen) atoms. The van der Waals surface area contributed by atoms with Gasteiger partial charge in [-0.3, -0.25) is 13.9 Å². The van der Waals surface area contributed by atoms with Gasteiger partial charge in [0.2, 0.25) is 21.8 Å². The first kappa shape index (κ1) is 31.4. The van der Waals surface area contributed by atoms with Gasteiger partial charge < -0.3 is 10.2 Å². The van der Waals surface area contributed by atoms with E-state index in [1.54, 1.807) is 12.1 Å². The molecule has 0 bridgehead atoms. The van der Waals surface area contributed by atoms with Crippen molar-refractivity contribution in [2.45, 2.75) is 59.2 Å². The molecule has 0 radical (unpaired) electrons. The van der Waals surface area contributed by atoms with E-state index in [2.05, 4.69) is 21.2 Å². The first-order valence-electron chi connectivity index (χ1n) is 13.1. The number of benzene rings is 3. The molecule has 1 atom stereocenters. The van der Waals surface area contributed by atoms with Crippen molar-refractivity contribution in [1.29, 1.82) is 0 Å². The molecule has 214 valence electrons. The highest BCUT2D eigenvalue weighted by Crippen LogP contribution is 2.23. The maximum Gasteiger partial charge on any atom is 0.244 e. The lowest BCUT2D eigenvalue weighted by Crippen LogP contribution is -2.56. The third-order valence-electron chi connectivity index (χ3n) is 6.21. The summed E-state index contributed by atoms with van der Waals surface area (Å²) in [6.45, 7) is 9.11. The maximum atomic E-state index is 14.1. The molecule has 0 aliphatic heterocycles. The minimum atomic E-state index is -3.81.